The van der Waals surface area contributed by atoms with Crippen molar-refractivity contribution in [3.8, 4) is 0 Å². The number of ketones is 1. The molecule has 0 radical (unpaired) electrons. The topological polar surface area (TPSA) is 266 Å². The molecule has 0 aromatic carbocycles. The van der Waals surface area contributed by atoms with Gasteiger partial charge in [-0.2, -0.15) is 0 Å². The Kier molecular flexibility index (Phi) is 20.1. The van der Waals surface area contributed by atoms with E-state index in [9.17, 15) is 35.1 Å². The molecule has 7 fully saturated rings. The Bertz CT molecular complexity index is 2640. The third-order valence-electron chi connectivity index (χ3n) is 21.5. The summed E-state index contributed by atoms with van der Waals surface area (Å²) in [4.78, 5) is 42.6. The van der Waals surface area contributed by atoms with E-state index >= 15 is 4.79 Å². The van der Waals surface area contributed by atoms with Crippen LogP contribution in [0.4, 0.5) is 0 Å². The molecule has 2 bridgehead atoms. The molecule has 488 valence electrons. The number of carbonyl (C=O) groups excluding carboxylic acids is 3. The lowest BCUT2D eigenvalue weighted by molar-refractivity contribution is -0.346. The number of hydrogen-bond acceptors (Lipinski definition) is 19. The number of ether oxygens (including phenoxy) is 11. The number of amides is 1. The minimum atomic E-state index is -1.63. The second kappa shape index (κ2) is 26.3. The maximum Gasteiger partial charge on any atom is 0.346 e. The summed E-state index contributed by atoms with van der Waals surface area (Å²) in [5.74, 6) is -4.07. The average Bonchev–Trinajstić information content (AvgIpc) is 1.71. The van der Waals surface area contributed by atoms with Gasteiger partial charge in [0.2, 0.25) is 11.7 Å². The molecule has 20 heteroatoms. The SMILES string of the molecule is CCC1C=CC2/C=C(\C)C(OC3CC(C)(O)C(NC(C)=O)C(C)O3)C(C)/C=C(\C)C3C=CC4C(OC5CCC(OC6CC(OC7CCC(O)C(C)O7)C(OC7CC(O)C(O)C(C)O7)C(C)O6)C(C)O5)C(C)CC(C)C4C3(C)/C(O)=C3\C(=O)OC2(C1)C3=O. The van der Waals surface area contributed by atoms with Crippen LogP contribution in [0.3, 0.4) is 0 Å². The van der Waals surface area contributed by atoms with Crippen molar-refractivity contribution in [2.45, 2.75) is 289 Å². The van der Waals surface area contributed by atoms with Crippen LogP contribution in [0.25, 0.3) is 0 Å². The van der Waals surface area contributed by atoms with Gasteiger partial charge in [0.15, 0.2) is 37.1 Å². The van der Waals surface area contributed by atoms with Crippen molar-refractivity contribution in [2.75, 3.05) is 0 Å². The normalized spacial score (nSPS) is 51.6. The molecule has 6 heterocycles. The number of fused-ring (bicyclic) bond motifs is 4. The second-order valence-corrected chi connectivity index (χ2v) is 28.2. The van der Waals surface area contributed by atoms with E-state index in [-0.39, 0.29) is 90.6 Å². The first kappa shape index (κ1) is 66.5. The van der Waals surface area contributed by atoms with Crippen LogP contribution < -0.4 is 5.32 Å². The molecule has 6 saturated heterocycles. The molecule has 30 unspecified atom stereocenters. The molecule has 0 aromatic heterocycles. The second-order valence-electron chi connectivity index (χ2n) is 28.2. The summed E-state index contributed by atoms with van der Waals surface area (Å²) in [6.45, 7) is 26.7. The van der Waals surface area contributed by atoms with Crippen LogP contribution in [0.5, 0.6) is 0 Å². The van der Waals surface area contributed by atoms with Gasteiger partial charge in [0.05, 0.1) is 78.8 Å². The number of allylic oxidation sites excluding steroid dienone is 4. The number of esters is 1. The summed E-state index contributed by atoms with van der Waals surface area (Å²) in [6, 6.07) is -0.672. The van der Waals surface area contributed by atoms with E-state index in [0.29, 0.717) is 32.1 Å². The van der Waals surface area contributed by atoms with Crippen molar-refractivity contribution < 1.29 is 92.0 Å². The summed E-state index contributed by atoms with van der Waals surface area (Å²) in [5, 5.41) is 59.4. The van der Waals surface area contributed by atoms with E-state index in [1.807, 2.05) is 60.6 Å². The molecule has 30 atom stereocenters. The van der Waals surface area contributed by atoms with Gasteiger partial charge in [0.1, 0.15) is 23.5 Å². The molecule has 4 aliphatic carbocycles. The van der Waals surface area contributed by atoms with Crippen molar-refractivity contribution in [3.05, 3.63) is 58.9 Å². The molecule has 10 rings (SSSR count). The molecule has 1 saturated carbocycles. The molecule has 10 aliphatic rings. The first-order valence-corrected chi connectivity index (χ1v) is 32.6. The minimum absolute atomic E-state index is 0.0144. The minimum Gasteiger partial charge on any atom is -0.511 e. The lowest BCUT2D eigenvalue weighted by Gasteiger charge is -2.56. The van der Waals surface area contributed by atoms with Gasteiger partial charge in [0, 0.05) is 74.5 Å². The average molecular weight is 1220 g/mol. The van der Waals surface area contributed by atoms with Gasteiger partial charge < -0.3 is 83.0 Å². The molecule has 20 nitrogen and oxygen atoms in total. The fourth-order valence-electron chi connectivity index (χ4n) is 17.0. The molecule has 1 spiro atoms. The van der Waals surface area contributed by atoms with E-state index < -0.39 is 145 Å². The van der Waals surface area contributed by atoms with Crippen LogP contribution >= 0.6 is 0 Å². The Morgan fingerprint density at radius 1 is 0.655 bits per heavy atom. The van der Waals surface area contributed by atoms with Crippen molar-refractivity contribution in [1.29, 1.82) is 0 Å². The lowest BCUT2D eigenvalue weighted by Crippen LogP contribution is -2.62. The van der Waals surface area contributed by atoms with Crippen molar-refractivity contribution >= 4 is 17.7 Å². The molecular formula is C67H101NO19. The van der Waals surface area contributed by atoms with Gasteiger partial charge in [-0.25, -0.2) is 4.79 Å². The van der Waals surface area contributed by atoms with Crippen molar-refractivity contribution in [2.24, 2.45) is 52.8 Å². The zero-order valence-electron chi connectivity index (χ0n) is 53.6. The van der Waals surface area contributed by atoms with E-state index in [4.69, 9.17) is 52.1 Å². The largest absolute Gasteiger partial charge is 0.511 e. The van der Waals surface area contributed by atoms with E-state index in [2.05, 4.69) is 50.4 Å². The van der Waals surface area contributed by atoms with Gasteiger partial charge in [-0.3, -0.25) is 9.59 Å². The van der Waals surface area contributed by atoms with Gasteiger partial charge in [-0.15, -0.1) is 0 Å². The van der Waals surface area contributed by atoms with E-state index in [0.717, 1.165) is 17.6 Å². The van der Waals surface area contributed by atoms with Gasteiger partial charge in [0.25, 0.3) is 0 Å². The summed E-state index contributed by atoms with van der Waals surface area (Å²) in [5.41, 5.74) is -2.83. The predicted octanol–water partition coefficient (Wildman–Crippen LogP) is 7.63. The Hall–Kier alpha value is -3.45. The van der Waals surface area contributed by atoms with Crippen molar-refractivity contribution in [3.63, 3.8) is 0 Å². The van der Waals surface area contributed by atoms with Crippen molar-refractivity contribution in [1.82, 2.24) is 5.32 Å². The molecule has 0 aromatic rings. The number of Topliss-reactive ketones (excluding diaryl/α,β-unsaturated/α-hetero) is 1. The Balaban J connectivity index is 0.903. The number of aliphatic hydroxyl groups excluding tert-OH is 4. The third kappa shape index (κ3) is 13.2. The van der Waals surface area contributed by atoms with Crippen LogP contribution in [0, 0.1) is 52.8 Å². The third-order valence-corrected chi connectivity index (χ3v) is 21.5. The van der Waals surface area contributed by atoms with Crippen LogP contribution in [0.15, 0.2) is 58.9 Å². The molecule has 6 aliphatic heterocycles. The fraction of sp³-hybridized carbons (Fsp3) is 0.806. The number of aliphatic hydroxyl groups is 5. The first-order chi connectivity index (χ1) is 41.0. The van der Waals surface area contributed by atoms with Gasteiger partial charge in [-0.1, -0.05) is 76.6 Å². The summed E-state index contributed by atoms with van der Waals surface area (Å²) in [7, 11) is 0. The maximum absolute atomic E-state index is 15.6. The molecule has 6 N–H and O–H groups in total. The van der Waals surface area contributed by atoms with Crippen LogP contribution in [-0.2, 0) is 66.5 Å². The van der Waals surface area contributed by atoms with Crippen LogP contribution in [0.1, 0.15) is 161 Å². The summed E-state index contributed by atoms with van der Waals surface area (Å²) in [6.07, 6.45) is 5.05. The quantitative estimate of drug-likeness (QED) is 0.0623. The first-order valence-electron chi connectivity index (χ1n) is 32.6. The fourth-order valence-corrected chi connectivity index (χ4v) is 17.0. The van der Waals surface area contributed by atoms with Gasteiger partial charge in [-0.05, 0) is 110 Å². The van der Waals surface area contributed by atoms with E-state index in [1.54, 1.807) is 20.8 Å². The highest BCUT2D eigenvalue weighted by Crippen LogP contribution is 2.61. The smallest absolute Gasteiger partial charge is 0.346 e. The molecular weight excluding hydrogens is 1120 g/mol. The highest BCUT2D eigenvalue weighted by Gasteiger charge is 2.64. The molecule has 1 amide bonds. The standard InChI is InChI=1S/C67H101NO19/c1-15-42-16-17-43-26-35(6)58(86-54-30-65(13,76)61(40(11)81-54)68-41(12)69)33(4)24-31(2)45-19-18-44-56(66(45,14)62(73)55-63(74)67(43,29-42)87-64(55)75)32(3)25-34(5)59(44)84-51-23-21-48(37(8)78-51)82-53-28-49(83-50-22-20-46(70)36(7)77-50)60(39(10)80-53)85-52-27-47(71)57(72)38(9)79-52/h16-19,24,26,32-34,36-40,42-54,56-61,70-73,76H,15,20-23,25,27-30H2,1-14H3,(H,68,69)/b31-24+,35-26+,62-55+. The lowest BCUT2D eigenvalue weighted by atomic mass is 9.49. The Morgan fingerprint density at radius 2 is 1.30 bits per heavy atom. The number of nitrogens with one attached hydrogen (secondary N) is 1. The Labute approximate surface area is 514 Å². The van der Waals surface area contributed by atoms with Crippen LogP contribution in [0.2, 0.25) is 0 Å². The van der Waals surface area contributed by atoms with E-state index in [1.165, 1.54) is 6.92 Å². The highest BCUT2D eigenvalue weighted by atomic mass is 16.8. The highest BCUT2D eigenvalue weighted by molar-refractivity contribution is 6.26. The van der Waals surface area contributed by atoms with Gasteiger partial charge >= 0.3 is 5.97 Å². The number of carbonyl (C=O) groups is 3. The summed E-state index contributed by atoms with van der Waals surface area (Å²) < 4.78 is 72.3. The number of rotatable bonds is 12. The predicted molar refractivity (Wildman–Crippen MR) is 316 cm³/mol. The van der Waals surface area contributed by atoms with Crippen LogP contribution in [-0.4, -0.2) is 171 Å². The summed E-state index contributed by atoms with van der Waals surface area (Å²) >= 11 is 0. The zero-order chi connectivity index (χ0) is 62.9. The Morgan fingerprint density at radius 3 is 1.98 bits per heavy atom. The zero-order valence-corrected chi connectivity index (χ0v) is 53.6. The number of hydrogen-bond donors (Lipinski definition) is 6. The monoisotopic (exact) mass is 1220 g/mol. The molecule has 87 heavy (non-hydrogen) atoms. The maximum atomic E-state index is 15.6.